The quantitative estimate of drug-likeness (QED) is 0.606. The number of hydrogen-bond donors (Lipinski definition) is 1. The minimum atomic E-state index is 0.00847. The van der Waals surface area contributed by atoms with Crippen molar-refractivity contribution in [2.45, 2.75) is 45.7 Å². The zero-order valence-electron chi connectivity index (χ0n) is 18.2. The monoisotopic (exact) mass is 428 g/mol. The van der Waals surface area contributed by atoms with E-state index in [2.05, 4.69) is 42.3 Å². The zero-order chi connectivity index (χ0) is 21.5. The molecule has 0 saturated carbocycles. The summed E-state index contributed by atoms with van der Waals surface area (Å²) in [6, 6.07) is 16.0. The molecule has 1 fully saturated rings. The Morgan fingerprint density at radius 3 is 2.60 bits per heavy atom. The van der Waals surface area contributed by atoms with Crippen molar-refractivity contribution in [1.29, 1.82) is 0 Å². The molecule has 1 saturated heterocycles. The van der Waals surface area contributed by atoms with Gasteiger partial charge in [-0.3, -0.25) is 9.69 Å². The second-order valence-electron chi connectivity index (χ2n) is 8.63. The Balaban J connectivity index is 1.64. The third-order valence-electron chi connectivity index (χ3n) is 5.77. The molecule has 1 amide bonds. The number of nitrogens with one attached hydrogen (secondary N) is 1. The summed E-state index contributed by atoms with van der Waals surface area (Å²) in [5.41, 5.74) is 2.25. The number of halogens is 1. The number of methoxy groups -OCH3 is 1. The summed E-state index contributed by atoms with van der Waals surface area (Å²) in [5, 5.41) is 4.13. The number of carbonyl (C=O) groups excluding carboxylic acids is 1. The lowest BCUT2D eigenvalue weighted by Gasteiger charge is -2.33. The fourth-order valence-electron chi connectivity index (χ4n) is 4.16. The van der Waals surface area contributed by atoms with Gasteiger partial charge in [0.15, 0.2) is 0 Å². The number of hydrogen-bond acceptors (Lipinski definition) is 3. The normalized spacial score (nSPS) is 18.2. The smallest absolute Gasteiger partial charge is 0.224 e. The summed E-state index contributed by atoms with van der Waals surface area (Å²) in [6.07, 6.45) is 2.87. The molecule has 3 rings (SSSR count). The number of benzene rings is 2. The van der Waals surface area contributed by atoms with Gasteiger partial charge < -0.3 is 10.1 Å². The number of piperidine rings is 1. The van der Waals surface area contributed by atoms with Gasteiger partial charge in [0.1, 0.15) is 5.75 Å². The number of amides is 1. The van der Waals surface area contributed by atoms with Crippen LogP contribution in [0, 0.1) is 11.8 Å². The minimum absolute atomic E-state index is 0.00847. The van der Waals surface area contributed by atoms with Crippen LogP contribution in [0.1, 0.15) is 50.3 Å². The van der Waals surface area contributed by atoms with Crippen molar-refractivity contribution in [2.24, 2.45) is 11.8 Å². The van der Waals surface area contributed by atoms with E-state index in [0.717, 1.165) is 60.8 Å². The first-order valence-electron chi connectivity index (χ1n) is 10.9. The maximum atomic E-state index is 13.2. The average Bonchev–Trinajstić information content (AvgIpc) is 2.75. The molecule has 2 aromatic rings. The molecule has 0 bridgehead atoms. The molecule has 0 radical (unpaired) electrons. The lowest BCUT2D eigenvalue weighted by molar-refractivity contribution is -0.127. The lowest BCUT2D eigenvalue weighted by atomic mass is 9.93. The molecule has 30 heavy (non-hydrogen) atoms. The Morgan fingerprint density at radius 1 is 1.20 bits per heavy atom. The van der Waals surface area contributed by atoms with Crippen molar-refractivity contribution >= 4 is 17.5 Å². The van der Waals surface area contributed by atoms with E-state index in [4.69, 9.17) is 16.3 Å². The van der Waals surface area contributed by atoms with Crippen molar-refractivity contribution in [3.05, 3.63) is 64.7 Å². The molecular formula is C25H33ClN2O2. The van der Waals surface area contributed by atoms with Crippen LogP contribution in [0.2, 0.25) is 5.02 Å². The van der Waals surface area contributed by atoms with Crippen molar-refractivity contribution in [3.8, 4) is 5.75 Å². The van der Waals surface area contributed by atoms with Crippen molar-refractivity contribution in [1.82, 2.24) is 10.2 Å². The van der Waals surface area contributed by atoms with Gasteiger partial charge in [-0.05, 0) is 61.1 Å². The van der Waals surface area contributed by atoms with Crippen LogP contribution in [0.25, 0.3) is 0 Å². The van der Waals surface area contributed by atoms with E-state index in [-0.39, 0.29) is 17.9 Å². The van der Waals surface area contributed by atoms with E-state index in [0.29, 0.717) is 5.92 Å². The first-order valence-corrected chi connectivity index (χ1v) is 11.2. The van der Waals surface area contributed by atoms with Crippen LogP contribution < -0.4 is 10.1 Å². The molecule has 4 nitrogen and oxygen atoms in total. The maximum absolute atomic E-state index is 13.2. The van der Waals surface area contributed by atoms with Crippen LogP contribution in [0.3, 0.4) is 0 Å². The predicted molar refractivity (Wildman–Crippen MR) is 123 cm³/mol. The fourth-order valence-corrected chi connectivity index (χ4v) is 4.35. The van der Waals surface area contributed by atoms with Crippen LogP contribution in [0.5, 0.6) is 5.75 Å². The van der Waals surface area contributed by atoms with E-state index in [1.54, 1.807) is 7.11 Å². The van der Waals surface area contributed by atoms with Gasteiger partial charge in [0.2, 0.25) is 5.91 Å². The Morgan fingerprint density at radius 2 is 1.93 bits per heavy atom. The molecule has 1 heterocycles. The van der Waals surface area contributed by atoms with Crippen molar-refractivity contribution < 1.29 is 9.53 Å². The fraction of sp³-hybridized carbons (Fsp3) is 0.480. The molecule has 0 unspecified atom stereocenters. The molecule has 162 valence electrons. The largest absolute Gasteiger partial charge is 0.497 e. The third kappa shape index (κ3) is 6.23. The Bertz CT molecular complexity index is 822. The summed E-state index contributed by atoms with van der Waals surface area (Å²) in [7, 11) is 1.67. The zero-order valence-corrected chi connectivity index (χ0v) is 19.0. The molecule has 0 spiro atoms. The third-order valence-corrected chi connectivity index (χ3v) is 6.14. The second kappa shape index (κ2) is 10.8. The molecule has 1 aliphatic heterocycles. The highest BCUT2D eigenvalue weighted by molar-refractivity contribution is 6.31. The van der Waals surface area contributed by atoms with Gasteiger partial charge in [-0.15, -0.1) is 0 Å². The summed E-state index contributed by atoms with van der Waals surface area (Å²) < 4.78 is 5.27. The predicted octanol–water partition coefficient (Wildman–Crippen LogP) is 5.46. The Labute approximate surface area is 185 Å². The molecule has 5 heteroatoms. The molecule has 0 aromatic heterocycles. The van der Waals surface area contributed by atoms with Crippen molar-refractivity contribution in [3.63, 3.8) is 0 Å². The van der Waals surface area contributed by atoms with E-state index in [9.17, 15) is 4.79 Å². The maximum Gasteiger partial charge on any atom is 0.224 e. The highest BCUT2D eigenvalue weighted by Gasteiger charge is 2.28. The number of carbonyl (C=O) groups is 1. The highest BCUT2D eigenvalue weighted by Crippen LogP contribution is 2.26. The van der Waals surface area contributed by atoms with Crippen LogP contribution in [-0.4, -0.2) is 31.0 Å². The average molecular weight is 429 g/mol. The molecule has 1 aliphatic rings. The molecule has 2 atom stereocenters. The molecule has 0 aliphatic carbocycles. The van der Waals surface area contributed by atoms with Gasteiger partial charge in [0, 0.05) is 18.1 Å². The molecule has 2 aromatic carbocycles. The SMILES string of the molecule is COc1ccc([C@H](CC(C)C)NC(=O)[C@H]2CCCN(Cc3ccccc3Cl)C2)cc1. The number of likely N-dealkylation sites (tertiary alicyclic amines) is 1. The summed E-state index contributed by atoms with van der Waals surface area (Å²) in [4.78, 5) is 15.5. The van der Waals surface area contributed by atoms with E-state index in [1.165, 1.54) is 0 Å². The molecule has 1 N–H and O–H groups in total. The summed E-state index contributed by atoms with van der Waals surface area (Å²) in [6.45, 7) is 6.94. The number of nitrogens with zero attached hydrogens (tertiary/aromatic N) is 1. The Hall–Kier alpha value is -2.04. The second-order valence-corrected chi connectivity index (χ2v) is 9.04. The number of ether oxygens (including phenoxy) is 1. The van der Waals surface area contributed by atoms with Crippen LogP contribution in [0.15, 0.2) is 48.5 Å². The first kappa shape index (κ1) is 22.6. The summed E-state index contributed by atoms with van der Waals surface area (Å²) >= 11 is 6.33. The van der Waals surface area contributed by atoms with Gasteiger partial charge in [-0.2, -0.15) is 0 Å². The summed E-state index contributed by atoms with van der Waals surface area (Å²) in [5.74, 6) is 1.48. The first-order chi connectivity index (χ1) is 14.5. The van der Waals surface area contributed by atoms with E-state index >= 15 is 0 Å². The molecular weight excluding hydrogens is 396 g/mol. The van der Waals surface area contributed by atoms with Crippen molar-refractivity contribution in [2.75, 3.05) is 20.2 Å². The van der Waals surface area contributed by atoms with Crippen LogP contribution >= 0.6 is 11.6 Å². The number of rotatable bonds is 8. The van der Waals surface area contributed by atoms with Gasteiger partial charge in [0.25, 0.3) is 0 Å². The van der Waals surface area contributed by atoms with Crippen LogP contribution in [-0.2, 0) is 11.3 Å². The standard InChI is InChI=1S/C25H33ClN2O2/c1-18(2)15-24(19-10-12-22(30-3)13-11-19)27-25(29)21-8-6-14-28(17-21)16-20-7-4-5-9-23(20)26/h4-5,7,9-13,18,21,24H,6,8,14-17H2,1-3H3,(H,27,29)/t21-,24-/m0/s1. The van der Waals surface area contributed by atoms with Gasteiger partial charge in [-0.1, -0.05) is 55.8 Å². The van der Waals surface area contributed by atoms with Gasteiger partial charge >= 0.3 is 0 Å². The highest BCUT2D eigenvalue weighted by atomic mass is 35.5. The van der Waals surface area contributed by atoms with Gasteiger partial charge in [-0.25, -0.2) is 0 Å². The van der Waals surface area contributed by atoms with Gasteiger partial charge in [0.05, 0.1) is 19.1 Å². The topological polar surface area (TPSA) is 41.6 Å². The minimum Gasteiger partial charge on any atom is -0.497 e. The lowest BCUT2D eigenvalue weighted by Crippen LogP contribution is -2.43. The van der Waals surface area contributed by atoms with Crippen LogP contribution in [0.4, 0.5) is 0 Å². The van der Waals surface area contributed by atoms with E-state index < -0.39 is 0 Å². The Kier molecular flexibility index (Phi) is 8.17. The van der Waals surface area contributed by atoms with E-state index in [1.807, 2.05) is 30.3 Å².